The van der Waals surface area contributed by atoms with Crippen molar-refractivity contribution in [3.8, 4) is 5.75 Å². The predicted octanol–water partition coefficient (Wildman–Crippen LogP) is 1.98. The molecule has 0 unspecified atom stereocenters. The summed E-state index contributed by atoms with van der Waals surface area (Å²) < 4.78 is 9.88. The van der Waals surface area contributed by atoms with Crippen LogP contribution in [0.5, 0.6) is 5.75 Å². The van der Waals surface area contributed by atoms with Gasteiger partial charge in [0.1, 0.15) is 12.4 Å². The van der Waals surface area contributed by atoms with Crippen molar-refractivity contribution in [2.45, 2.75) is 20.0 Å². The van der Waals surface area contributed by atoms with Gasteiger partial charge in [-0.05, 0) is 23.6 Å². The van der Waals surface area contributed by atoms with Crippen molar-refractivity contribution in [3.05, 3.63) is 29.8 Å². The van der Waals surface area contributed by atoms with Crippen LogP contribution in [-0.2, 0) is 9.53 Å². The Kier molecular flexibility index (Phi) is 5.03. The fraction of sp³-hybridized carbons (Fsp3) is 0.500. The van der Waals surface area contributed by atoms with Crippen LogP contribution in [0.15, 0.2) is 24.3 Å². The van der Waals surface area contributed by atoms with E-state index in [-0.39, 0.29) is 19.1 Å². The average Bonchev–Trinajstić information content (AvgIpc) is 2.93. The van der Waals surface area contributed by atoms with E-state index in [4.69, 9.17) is 9.47 Å². The third-order valence-electron chi connectivity index (χ3n) is 3.83. The third-order valence-corrected chi connectivity index (χ3v) is 3.83. The predicted molar refractivity (Wildman–Crippen MR) is 79.3 cm³/mol. The van der Waals surface area contributed by atoms with Crippen LogP contribution < -0.4 is 4.74 Å². The van der Waals surface area contributed by atoms with Crippen molar-refractivity contribution in [3.63, 3.8) is 0 Å². The average molecular weight is 307 g/mol. The number of nitrogens with zero attached hydrogens (tertiary/aromatic N) is 1. The summed E-state index contributed by atoms with van der Waals surface area (Å²) in [6.07, 6.45) is -1.63. The number of ether oxygens (including phenoxy) is 2. The van der Waals surface area contributed by atoms with E-state index < -0.39 is 24.0 Å². The lowest BCUT2D eigenvalue weighted by atomic mass is 9.85. The second kappa shape index (κ2) is 6.79. The first-order valence-corrected chi connectivity index (χ1v) is 7.26. The summed E-state index contributed by atoms with van der Waals surface area (Å²) in [5, 5.41) is 10.6. The number of benzene rings is 1. The van der Waals surface area contributed by atoms with Gasteiger partial charge >= 0.3 is 6.09 Å². The van der Waals surface area contributed by atoms with Crippen molar-refractivity contribution in [1.29, 1.82) is 0 Å². The normalized spacial score (nSPS) is 17.3. The Bertz CT molecular complexity index is 540. The highest BCUT2D eigenvalue weighted by Crippen LogP contribution is 2.31. The van der Waals surface area contributed by atoms with Crippen LogP contribution in [-0.4, -0.2) is 42.3 Å². The lowest BCUT2D eigenvalue weighted by Gasteiger charge is -2.28. The molecule has 1 heterocycles. The van der Waals surface area contributed by atoms with Crippen LogP contribution in [0.4, 0.5) is 4.79 Å². The number of rotatable bonds is 5. The van der Waals surface area contributed by atoms with Gasteiger partial charge in [0.2, 0.25) is 5.91 Å². The van der Waals surface area contributed by atoms with Gasteiger partial charge in [-0.1, -0.05) is 26.0 Å². The molecule has 1 aliphatic heterocycles. The minimum atomic E-state index is -0.994. The van der Waals surface area contributed by atoms with Crippen molar-refractivity contribution in [1.82, 2.24) is 4.90 Å². The third kappa shape index (κ3) is 3.22. The minimum absolute atomic E-state index is 0.127. The smallest absolute Gasteiger partial charge is 0.416 e. The summed E-state index contributed by atoms with van der Waals surface area (Å²) in [4.78, 5) is 25.2. The number of aliphatic hydroxyl groups excluding tert-OH is 1. The molecule has 1 N–H and O–H groups in total. The molecule has 22 heavy (non-hydrogen) atoms. The molecule has 0 aliphatic carbocycles. The van der Waals surface area contributed by atoms with Gasteiger partial charge in [-0.2, -0.15) is 0 Å². The zero-order valence-corrected chi connectivity index (χ0v) is 13.0. The van der Waals surface area contributed by atoms with E-state index in [1.165, 1.54) is 0 Å². The molecule has 0 radical (unpaired) electrons. The molecule has 0 bridgehead atoms. The van der Waals surface area contributed by atoms with Crippen LogP contribution in [0.2, 0.25) is 0 Å². The van der Waals surface area contributed by atoms with Gasteiger partial charge < -0.3 is 14.6 Å². The van der Waals surface area contributed by atoms with Gasteiger partial charge in [0, 0.05) is 0 Å². The van der Waals surface area contributed by atoms with E-state index in [1.54, 1.807) is 31.4 Å². The van der Waals surface area contributed by atoms with Gasteiger partial charge in [-0.15, -0.1) is 0 Å². The Labute approximate surface area is 129 Å². The summed E-state index contributed by atoms with van der Waals surface area (Å²) in [6, 6.07) is 6.89. The fourth-order valence-electron chi connectivity index (χ4n) is 2.57. The molecule has 0 spiro atoms. The zero-order valence-electron chi connectivity index (χ0n) is 13.0. The molecular weight excluding hydrogens is 286 g/mol. The van der Waals surface area contributed by atoms with Crippen LogP contribution >= 0.6 is 0 Å². The largest absolute Gasteiger partial charge is 0.497 e. The van der Waals surface area contributed by atoms with Gasteiger partial charge in [-0.3, -0.25) is 4.79 Å². The topological polar surface area (TPSA) is 76.1 Å². The van der Waals surface area contributed by atoms with Crippen LogP contribution in [0.25, 0.3) is 0 Å². The van der Waals surface area contributed by atoms with Gasteiger partial charge in [0.15, 0.2) is 0 Å². The molecule has 1 saturated heterocycles. The van der Waals surface area contributed by atoms with Crippen LogP contribution in [0, 0.1) is 11.8 Å². The Morgan fingerprint density at radius 2 is 1.95 bits per heavy atom. The Morgan fingerprint density at radius 1 is 1.32 bits per heavy atom. The Morgan fingerprint density at radius 3 is 2.41 bits per heavy atom. The molecule has 0 saturated carbocycles. The number of imide groups is 1. The summed E-state index contributed by atoms with van der Waals surface area (Å²) in [5.74, 6) is -0.565. The van der Waals surface area contributed by atoms with E-state index in [9.17, 15) is 14.7 Å². The molecule has 6 nitrogen and oxygen atoms in total. The van der Waals surface area contributed by atoms with Crippen LogP contribution in [0.1, 0.15) is 25.5 Å². The van der Waals surface area contributed by atoms with Gasteiger partial charge in [0.05, 0.1) is 25.7 Å². The highest BCUT2D eigenvalue weighted by atomic mass is 16.6. The summed E-state index contributed by atoms with van der Waals surface area (Å²) in [5.41, 5.74) is 0.611. The first-order valence-electron chi connectivity index (χ1n) is 7.26. The van der Waals surface area contributed by atoms with E-state index in [0.29, 0.717) is 11.3 Å². The number of hydrogen-bond acceptors (Lipinski definition) is 5. The summed E-state index contributed by atoms with van der Waals surface area (Å²) >= 11 is 0. The quantitative estimate of drug-likeness (QED) is 0.900. The van der Waals surface area contributed by atoms with E-state index in [1.807, 2.05) is 13.8 Å². The van der Waals surface area contributed by atoms with Gasteiger partial charge in [0.25, 0.3) is 0 Å². The number of methoxy groups -OCH3 is 1. The second-order valence-electron chi connectivity index (χ2n) is 5.59. The van der Waals surface area contributed by atoms with E-state index in [0.717, 1.165) is 4.90 Å². The maximum atomic E-state index is 12.6. The molecule has 120 valence electrons. The lowest BCUT2D eigenvalue weighted by Crippen LogP contribution is -2.41. The number of cyclic esters (lactones) is 1. The highest BCUT2D eigenvalue weighted by Gasteiger charge is 2.39. The number of aliphatic hydroxyl groups is 1. The molecule has 1 aromatic carbocycles. The molecule has 1 fully saturated rings. The van der Waals surface area contributed by atoms with Crippen molar-refractivity contribution >= 4 is 12.0 Å². The SMILES string of the molecule is COc1ccc([C@@H](O)[C@@H](C(=O)N2CCOC2=O)C(C)C)cc1. The van der Waals surface area contributed by atoms with Crippen molar-refractivity contribution in [2.75, 3.05) is 20.3 Å². The Balaban J connectivity index is 2.22. The molecule has 1 aromatic rings. The number of amides is 2. The van der Waals surface area contributed by atoms with Crippen molar-refractivity contribution < 1.29 is 24.2 Å². The zero-order chi connectivity index (χ0) is 16.3. The molecule has 0 aromatic heterocycles. The maximum Gasteiger partial charge on any atom is 0.416 e. The molecule has 2 rings (SSSR count). The maximum absolute atomic E-state index is 12.6. The number of hydrogen-bond donors (Lipinski definition) is 1. The van der Waals surface area contributed by atoms with E-state index >= 15 is 0 Å². The summed E-state index contributed by atoms with van der Waals surface area (Å²) in [7, 11) is 1.56. The monoisotopic (exact) mass is 307 g/mol. The first-order chi connectivity index (χ1) is 10.5. The molecule has 2 amide bonds. The van der Waals surface area contributed by atoms with Gasteiger partial charge in [-0.25, -0.2) is 9.69 Å². The highest BCUT2D eigenvalue weighted by molar-refractivity contribution is 5.94. The first kappa shape index (κ1) is 16.3. The number of carbonyl (C=O) groups excluding carboxylic acids is 2. The standard InChI is InChI=1S/C16H21NO5/c1-10(2)13(15(19)17-8-9-22-16(17)20)14(18)11-4-6-12(21-3)7-5-11/h4-7,10,13-14,18H,8-9H2,1-3H3/t13-,14+/m0/s1. The Hall–Kier alpha value is -2.08. The number of carbonyl (C=O) groups is 2. The summed E-state index contributed by atoms with van der Waals surface area (Å²) in [6.45, 7) is 4.12. The van der Waals surface area contributed by atoms with E-state index in [2.05, 4.69) is 0 Å². The van der Waals surface area contributed by atoms with Crippen molar-refractivity contribution in [2.24, 2.45) is 11.8 Å². The molecule has 1 aliphatic rings. The molecule has 6 heteroatoms. The second-order valence-corrected chi connectivity index (χ2v) is 5.59. The fourth-order valence-corrected chi connectivity index (χ4v) is 2.57. The minimum Gasteiger partial charge on any atom is -0.497 e. The van der Waals surface area contributed by atoms with Crippen LogP contribution in [0.3, 0.4) is 0 Å². The molecule has 2 atom stereocenters. The molecular formula is C16H21NO5. The lowest BCUT2D eigenvalue weighted by molar-refractivity contribution is -0.138.